The van der Waals surface area contributed by atoms with Gasteiger partial charge in [-0.2, -0.15) is 0 Å². The van der Waals surface area contributed by atoms with Crippen molar-refractivity contribution in [3.8, 4) is 0 Å². The van der Waals surface area contributed by atoms with Crippen molar-refractivity contribution in [3.63, 3.8) is 0 Å². The van der Waals surface area contributed by atoms with Crippen LogP contribution in [0.25, 0.3) is 0 Å². The monoisotopic (exact) mass is 338 g/mol. The average Bonchev–Trinajstić information content (AvgIpc) is 2.48. The van der Waals surface area contributed by atoms with Crippen LogP contribution < -0.4 is 9.83 Å². The molecule has 0 aliphatic carbocycles. The normalized spacial score (nSPS) is 11.1. The summed E-state index contributed by atoms with van der Waals surface area (Å²) in [6.45, 7) is 0. The number of anilines is 1. The van der Waals surface area contributed by atoms with Crippen LogP contribution in [0.5, 0.6) is 0 Å². The van der Waals surface area contributed by atoms with Crippen molar-refractivity contribution in [2.45, 2.75) is 17.7 Å². The minimum atomic E-state index is -3.75. The highest BCUT2D eigenvalue weighted by molar-refractivity contribution is 7.92. The third-order valence-corrected chi connectivity index (χ3v) is 4.68. The minimum Gasteiger partial charge on any atom is -0.550 e. The number of carboxylic acid groups (broad SMARTS) is 1. The van der Waals surface area contributed by atoms with Gasteiger partial charge < -0.3 is 9.90 Å². The fourth-order valence-electron chi connectivity index (χ4n) is 1.83. The zero-order valence-corrected chi connectivity index (χ0v) is 13.0. The Morgan fingerprint density at radius 3 is 2.32 bits per heavy atom. The number of hydrogen-bond acceptors (Lipinski definition) is 4. The number of hydrogen-bond donors (Lipinski definition) is 1. The molecule has 0 saturated heterocycles. The maximum absolute atomic E-state index is 12.3. The number of rotatable bonds is 6. The maximum atomic E-state index is 12.3. The Morgan fingerprint density at radius 2 is 1.73 bits per heavy atom. The van der Waals surface area contributed by atoms with Crippen molar-refractivity contribution in [1.29, 1.82) is 0 Å². The summed E-state index contributed by atoms with van der Waals surface area (Å²) < 4.78 is 26.9. The number of halogens is 1. The van der Waals surface area contributed by atoms with Crippen molar-refractivity contribution in [1.82, 2.24) is 0 Å². The predicted octanol–water partition coefficient (Wildman–Crippen LogP) is 1.82. The summed E-state index contributed by atoms with van der Waals surface area (Å²) in [4.78, 5) is 10.5. The molecule has 1 N–H and O–H groups in total. The number of benzene rings is 2. The van der Waals surface area contributed by atoms with E-state index >= 15 is 0 Å². The summed E-state index contributed by atoms with van der Waals surface area (Å²) in [5, 5.41) is 10.7. The molecule has 116 valence electrons. The second-order valence-corrected chi connectivity index (χ2v) is 6.69. The lowest BCUT2D eigenvalue weighted by Gasteiger charge is -2.10. The van der Waals surface area contributed by atoms with Gasteiger partial charge in [0.15, 0.2) is 0 Å². The van der Waals surface area contributed by atoms with Gasteiger partial charge in [-0.1, -0.05) is 35.9 Å². The quantitative estimate of drug-likeness (QED) is 0.870. The maximum Gasteiger partial charge on any atom is 0.261 e. The Bertz CT molecular complexity index is 772. The van der Waals surface area contributed by atoms with E-state index in [4.69, 9.17) is 11.6 Å². The van der Waals surface area contributed by atoms with Gasteiger partial charge in [0, 0.05) is 5.97 Å². The Balaban J connectivity index is 2.16. The minimum absolute atomic E-state index is 0.0737. The SMILES string of the molecule is O=C([O-])CCc1ccc(S(=O)(=O)Nc2ccccc2Cl)cc1. The van der Waals surface area contributed by atoms with E-state index in [1.807, 2.05) is 0 Å². The smallest absolute Gasteiger partial charge is 0.261 e. The first-order valence-electron chi connectivity index (χ1n) is 6.44. The van der Waals surface area contributed by atoms with Crippen LogP contribution in [0.4, 0.5) is 5.69 Å². The largest absolute Gasteiger partial charge is 0.550 e. The standard InChI is InChI=1S/C15H14ClNO4S/c16-13-3-1-2-4-14(13)17-22(20,21)12-8-5-11(6-9-12)7-10-15(18)19/h1-6,8-9,17H,7,10H2,(H,18,19)/p-1. The molecular formula is C15H13ClNO4S-. The molecule has 0 atom stereocenters. The van der Waals surface area contributed by atoms with Crippen LogP contribution in [0.1, 0.15) is 12.0 Å². The molecule has 2 rings (SSSR count). The molecule has 0 bridgehead atoms. The first kappa shape index (κ1) is 16.3. The summed E-state index contributed by atoms with van der Waals surface area (Å²) >= 11 is 5.93. The van der Waals surface area contributed by atoms with Gasteiger partial charge in [0.25, 0.3) is 10.0 Å². The van der Waals surface area contributed by atoms with E-state index in [-0.39, 0.29) is 11.3 Å². The van der Waals surface area contributed by atoms with Crippen LogP contribution >= 0.6 is 11.6 Å². The van der Waals surface area contributed by atoms with Gasteiger partial charge >= 0.3 is 0 Å². The molecule has 2 aromatic carbocycles. The first-order valence-corrected chi connectivity index (χ1v) is 8.31. The summed E-state index contributed by atoms with van der Waals surface area (Å²) in [5.74, 6) is -1.14. The van der Waals surface area contributed by atoms with E-state index in [1.54, 1.807) is 36.4 Å². The Labute approximate surface area is 133 Å². The molecule has 2 aromatic rings. The highest BCUT2D eigenvalue weighted by Crippen LogP contribution is 2.24. The third kappa shape index (κ3) is 4.22. The average molecular weight is 339 g/mol. The molecule has 22 heavy (non-hydrogen) atoms. The summed E-state index contributed by atoms with van der Waals surface area (Å²) in [5.41, 5.74) is 1.02. The van der Waals surface area contributed by atoms with Crippen molar-refractivity contribution in [3.05, 3.63) is 59.1 Å². The van der Waals surface area contributed by atoms with Crippen LogP contribution in [0.2, 0.25) is 5.02 Å². The van der Waals surface area contributed by atoms with Crippen LogP contribution in [0.3, 0.4) is 0 Å². The molecule has 0 aliphatic rings. The van der Waals surface area contributed by atoms with Crippen molar-refractivity contribution in [2.24, 2.45) is 0 Å². The first-order chi connectivity index (χ1) is 10.4. The van der Waals surface area contributed by atoms with Crippen LogP contribution in [-0.4, -0.2) is 14.4 Å². The molecule has 0 aromatic heterocycles. The summed E-state index contributed by atoms with van der Waals surface area (Å²) in [7, 11) is -3.75. The molecule has 5 nitrogen and oxygen atoms in total. The Morgan fingerprint density at radius 1 is 1.09 bits per heavy atom. The molecule has 0 aliphatic heterocycles. The molecule has 0 unspecified atom stereocenters. The van der Waals surface area contributed by atoms with Gasteiger partial charge in [-0.25, -0.2) is 8.42 Å². The highest BCUT2D eigenvalue weighted by Gasteiger charge is 2.15. The summed E-state index contributed by atoms with van der Waals surface area (Å²) in [6.07, 6.45) is 0.185. The lowest BCUT2D eigenvalue weighted by atomic mass is 10.1. The number of para-hydroxylation sites is 1. The number of sulfonamides is 1. The Hall–Kier alpha value is -2.05. The van der Waals surface area contributed by atoms with E-state index in [9.17, 15) is 18.3 Å². The predicted molar refractivity (Wildman–Crippen MR) is 82.0 cm³/mol. The molecule has 0 fully saturated rings. The second kappa shape index (κ2) is 6.81. The second-order valence-electron chi connectivity index (χ2n) is 4.60. The van der Waals surface area contributed by atoms with E-state index in [1.165, 1.54) is 12.1 Å². The van der Waals surface area contributed by atoms with Crippen LogP contribution in [-0.2, 0) is 21.2 Å². The Kier molecular flexibility index (Phi) is 5.05. The van der Waals surface area contributed by atoms with Gasteiger partial charge in [-0.15, -0.1) is 0 Å². The summed E-state index contributed by atoms with van der Waals surface area (Å²) in [6, 6.07) is 12.5. The van der Waals surface area contributed by atoms with Crippen LogP contribution in [0, 0.1) is 0 Å². The van der Waals surface area contributed by atoms with Crippen molar-refractivity contribution in [2.75, 3.05) is 4.72 Å². The third-order valence-electron chi connectivity index (χ3n) is 2.97. The molecule has 0 heterocycles. The van der Waals surface area contributed by atoms with Gasteiger partial charge in [0.05, 0.1) is 15.6 Å². The number of aliphatic carboxylic acids is 1. The van der Waals surface area contributed by atoms with E-state index in [0.29, 0.717) is 17.1 Å². The van der Waals surface area contributed by atoms with Gasteiger partial charge in [-0.3, -0.25) is 4.72 Å². The zero-order chi connectivity index (χ0) is 16.2. The lowest BCUT2D eigenvalue weighted by Crippen LogP contribution is -2.22. The number of carbonyl (C=O) groups excluding carboxylic acids is 1. The van der Waals surface area contributed by atoms with E-state index < -0.39 is 16.0 Å². The highest BCUT2D eigenvalue weighted by atomic mass is 35.5. The van der Waals surface area contributed by atoms with Gasteiger partial charge in [0.2, 0.25) is 0 Å². The van der Waals surface area contributed by atoms with Crippen LogP contribution in [0.15, 0.2) is 53.4 Å². The number of carbonyl (C=O) groups is 1. The van der Waals surface area contributed by atoms with E-state index in [0.717, 1.165) is 5.56 Å². The topological polar surface area (TPSA) is 86.3 Å². The molecule has 7 heteroatoms. The molecule has 0 spiro atoms. The fraction of sp³-hybridized carbons (Fsp3) is 0.133. The number of aryl methyl sites for hydroxylation is 1. The fourth-order valence-corrected chi connectivity index (χ4v) is 3.15. The van der Waals surface area contributed by atoms with Gasteiger partial charge in [-0.05, 0) is 42.7 Å². The molecule has 0 saturated carbocycles. The molecule has 0 amide bonds. The van der Waals surface area contributed by atoms with Crippen molar-refractivity contribution < 1.29 is 18.3 Å². The zero-order valence-electron chi connectivity index (χ0n) is 11.5. The number of nitrogens with one attached hydrogen (secondary N) is 1. The van der Waals surface area contributed by atoms with Gasteiger partial charge in [0.1, 0.15) is 0 Å². The number of carboxylic acids is 1. The van der Waals surface area contributed by atoms with E-state index in [2.05, 4.69) is 4.72 Å². The molecule has 0 radical (unpaired) electrons. The lowest BCUT2D eigenvalue weighted by molar-refractivity contribution is -0.305. The molecular weight excluding hydrogens is 326 g/mol. The van der Waals surface area contributed by atoms with Crippen molar-refractivity contribution >= 4 is 33.3 Å².